The normalized spacial score (nSPS) is 25.3. The SMILES string of the molecule is Cc1ccsc1C(=O)N1C[C@@H]2OCC(n3cccn3)CO[C@H]2C1. The summed E-state index contributed by atoms with van der Waals surface area (Å²) in [4.78, 5) is 15.3. The van der Waals surface area contributed by atoms with Gasteiger partial charge in [-0.05, 0) is 30.0 Å². The van der Waals surface area contributed by atoms with Crippen LogP contribution in [0.3, 0.4) is 0 Å². The highest BCUT2D eigenvalue weighted by Crippen LogP contribution is 2.26. The zero-order valence-corrected chi connectivity index (χ0v) is 13.7. The lowest BCUT2D eigenvalue weighted by Gasteiger charge is -2.18. The molecule has 7 heteroatoms. The zero-order valence-electron chi connectivity index (χ0n) is 12.9. The van der Waals surface area contributed by atoms with E-state index in [1.165, 1.54) is 11.3 Å². The second-order valence-corrected chi connectivity index (χ2v) is 6.94. The lowest BCUT2D eigenvalue weighted by molar-refractivity contribution is -0.00461. The predicted octanol–water partition coefficient (Wildman–Crippen LogP) is 1.73. The van der Waals surface area contributed by atoms with Crippen molar-refractivity contribution in [2.24, 2.45) is 0 Å². The van der Waals surface area contributed by atoms with Crippen LogP contribution in [0.15, 0.2) is 29.9 Å². The third kappa shape index (κ3) is 2.80. The number of thiophene rings is 1. The van der Waals surface area contributed by atoms with Gasteiger partial charge in [-0.2, -0.15) is 5.10 Å². The first-order valence-corrected chi connectivity index (χ1v) is 8.66. The van der Waals surface area contributed by atoms with Crippen LogP contribution in [0.1, 0.15) is 21.3 Å². The fraction of sp³-hybridized carbons (Fsp3) is 0.500. The first-order chi connectivity index (χ1) is 11.2. The number of nitrogens with zero attached hydrogens (tertiary/aromatic N) is 3. The van der Waals surface area contributed by atoms with Crippen LogP contribution < -0.4 is 0 Å². The summed E-state index contributed by atoms with van der Waals surface area (Å²) >= 11 is 1.50. The van der Waals surface area contributed by atoms with Crippen molar-refractivity contribution < 1.29 is 14.3 Å². The number of carbonyl (C=O) groups is 1. The number of ether oxygens (including phenoxy) is 2. The van der Waals surface area contributed by atoms with E-state index < -0.39 is 0 Å². The van der Waals surface area contributed by atoms with Gasteiger partial charge in [0.1, 0.15) is 12.2 Å². The van der Waals surface area contributed by atoms with Gasteiger partial charge in [-0.3, -0.25) is 9.48 Å². The van der Waals surface area contributed by atoms with Crippen molar-refractivity contribution in [2.75, 3.05) is 26.3 Å². The van der Waals surface area contributed by atoms with E-state index in [9.17, 15) is 4.79 Å². The van der Waals surface area contributed by atoms with Crippen LogP contribution in [0.4, 0.5) is 0 Å². The van der Waals surface area contributed by atoms with Gasteiger partial charge in [0.25, 0.3) is 5.91 Å². The van der Waals surface area contributed by atoms with Crippen LogP contribution in [0.2, 0.25) is 0 Å². The van der Waals surface area contributed by atoms with Gasteiger partial charge in [0.2, 0.25) is 0 Å². The Labute approximate surface area is 138 Å². The van der Waals surface area contributed by atoms with Crippen molar-refractivity contribution in [1.82, 2.24) is 14.7 Å². The minimum absolute atomic E-state index is 0.0558. The Kier molecular flexibility index (Phi) is 3.92. The van der Waals surface area contributed by atoms with E-state index >= 15 is 0 Å². The number of aryl methyl sites for hydroxylation is 1. The fourth-order valence-electron chi connectivity index (χ4n) is 3.13. The van der Waals surface area contributed by atoms with Crippen molar-refractivity contribution in [3.63, 3.8) is 0 Å². The van der Waals surface area contributed by atoms with Crippen LogP contribution in [0, 0.1) is 6.92 Å². The number of aromatic nitrogens is 2. The molecular formula is C16H19N3O3S. The highest BCUT2D eigenvalue weighted by Gasteiger charge is 2.40. The Bertz CT molecular complexity index is 669. The van der Waals surface area contributed by atoms with Crippen LogP contribution in [-0.4, -0.2) is 59.1 Å². The van der Waals surface area contributed by atoms with E-state index in [0.717, 1.165) is 10.4 Å². The molecule has 2 aromatic rings. The summed E-state index contributed by atoms with van der Waals surface area (Å²) in [5.41, 5.74) is 1.03. The monoisotopic (exact) mass is 333 g/mol. The third-order valence-corrected chi connectivity index (χ3v) is 5.47. The molecule has 0 spiro atoms. The minimum Gasteiger partial charge on any atom is -0.371 e. The minimum atomic E-state index is -0.0558. The van der Waals surface area contributed by atoms with Crippen LogP contribution in [0.25, 0.3) is 0 Å². The van der Waals surface area contributed by atoms with E-state index in [1.807, 2.05) is 40.2 Å². The summed E-state index contributed by atoms with van der Waals surface area (Å²) in [7, 11) is 0. The predicted molar refractivity (Wildman–Crippen MR) is 85.7 cm³/mol. The van der Waals surface area contributed by atoms with Gasteiger partial charge in [0.05, 0.1) is 24.1 Å². The van der Waals surface area contributed by atoms with Crippen molar-refractivity contribution in [3.05, 3.63) is 40.3 Å². The lowest BCUT2D eigenvalue weighted by atomic mass is 10.3. The van der Waals surface area contributed by atoms with Crippen LogP contribution in [0.5, 0.6) is 0 Å². The smallest absolute Gasteiger partial charge is 0.264 e. The molecule has 2 aliphatic rings. The summed E-state index contributed by atoms with van der Waals surface area (Å²) in [5.74, 6) is 0.0846. The number of carbonyl (C=O) groups excluding carboxylic acids is 1. The molecule has 1 amide bonds. The highest BCUT2D eigenvalue weighted by molar-refractivity contribution is 7.12. The number of fused-ring (bicyclic) bond motifs is 1. The van der Waals surface area contributed by atoms with E-state index in [-0.39, 0.29) is 24.2 Å². The molecule has 6 nitrogen and oxygen atoms in total. The molecule has 0 bridgehead atoms. The Morgan fingerprint density at radius 3 is 2.61 bits per heavy atom. The summed E-state index contributed by atoms with van der Waals surface area (Å²) in [5, 5.41) is 6.21. The topological polar surface area (TPSA) is 56.6 Å². The Morgan fingerprint density at radius 1 is 1.30 bits per heavy atom. The van der Waals surface area contributed by atoms with E-state index in [2.05, 4.69) is 5.10 Å². The number of rotatable bonds is 2. The molecule has 2 atom stereocenters. The average Bonchev–Trinajstić information content (AvgIpc) is 3.27. The Morgan fingerprint density at radius 2 is 2.04 bits per heavy atom. The van der Waals surface area contributed by atoms with Gasteiger partial charge in [0, 0.05) is 25.5 Å². The van der Waals surface area contributed by atoms with Gasteiger partial charge >= 0.3 is 0 Å². The maximum atomic E-state index is 12.6. The standard InChI is InChI=1S/C16H19N3O3S/c1-11-3-6-23-15(11)16(20)18-7-13-14(8-18)22-10-12(9-21-13)19-5-2-4-17-19/h2-6,12-14H,7-10H2,1H3/t13-,14-/m0/s1. The molecule has 0 radical (unpaired) electrons. The fourth-order valence-corrected chi connectivity index (χ4v) is 4.02. The largest absolute Gasteiger partial charge is 0.371 e. The quantitative estimate of drug-likeness (QED) is 0.840. The van der Waals surface area contributed by atoms with Gasteiger partial charge in [0.15, 0.2) is 0 Å². The summed E-state index contributed by atoms with van der Waals surface area (Å²) in [6.45, 7) is 4.27. The molecule has 0 aliphatic carbocycles. The molecule has 2 saturated heterocycles. The second-order valence-electron chi connectivity index (χ2n) is 6.03. The maximum absolute atomic E-state index is 12.6. The van der Waals surface area contributed by atoms with Crippen molar-refractivity contribution in [2.45, 2.75) is 25.2 Å². The molecule has 2 aliphatic heterocycles. The van der Waals surface area contributed by atoms with E-state index in [0.29, 0.717) is 26.3 Å². The molecule has 0 unspecified atom stereocenters. The van der Waals surface area contributed by atoms with Crippen molar-refractivity contribution in [1.29, 1.82) is 0 Å². The first-order valence-electron chi connectivity index (χ1n) is 7.78. The summed E-state index contributed by atoms with van der Waals surface area (Å²) < 4.78 is 13.9. The van der Waals surface area contributed by atoms with Gasteiger partial charge in [-0.1, -0.05) is 0 Å². The molecular weight excluding hydrogens is 314 g/mol. The third-order valence-electron chi connectivity index (χ3n) is 4.46. The average molecular weight is 333 g/mol. The van der Waals surface area contributed by atoms with E-state index in [1.54, 1.807) is 6.20 Å². The molecule has 0 saturated carbocycles. The van der Waals surface area contributed by atoms with Gasteiger partial charge in [-0.25, -0.2) is 0 Å². The van der Waals surface area contributed by atoms with Gasteiger partial charge < -0.3 is 14.4 Å². The molecule has 0 aromatic carbocycles. The summed E-state index contributed by atoms with van der Waals surface area (Å²) in [6.07, 6.45) is 3.57. The molecule has 0 N–H and O–H groups in total. The summed E-state index contributed by atoms with van der Waals surface area (Å²) in [6, 6.07) is 3.97. The second kappa shape index (κ2) is 6.07. The number of hydrogen-bond donors (Lipinski definition) is 0. The molecule has 4 rings (SSSR count). The van der Waals surface area contributed by atoms with E-state index in [4.69, 9.17) is 9.47 Å². The van der Waals surface area contributed by atoms with Crippen molar-refractivity contribution >= 4 is 17.2 Å². The van der Waals surface area contributed by atoms with Gasteiger partial charge in [-0.15, -0.1) is 11.3 Å². The highest BCUT2D eigenvalue weighted by atomic mass is 32.1. The zero-order chi connectivity index (χ0) is 15.8. The first kappa shape index (κ1) is 14.9. The maximum Gasteiger partial charge on any atom is 0.264 e. The lowest BCUT2D eigenvalue weighted by Crippen LogP contribution is -2.31. The Balaban J connectivity index is 1.42. The number of hydrogen-bond acceptors (Lipinski definition) is 5. The Hall–Kier alpha value is -1.70. The van der Waals surface area contributed by atoms with Crippen molar-refractivity contribution in [3.8, 4) is 0 Å². The molecule has 2 aromatic heterocycles. The number of likely N-dealkylation sites (tertiary alicyclic amines) is 1. The molecule has 4 heterocycles. The molecule has 2 fully saturated rings. The van der Waals surface area contributed by atoms with Crippen LogP contribution in [-0.2, 0) is 9.47 Å². The van der Waals surface area contributed by atoms with Crippen LogP contribution >= 0.6 is 11.3 Å². The number of amides is 1. The molecule has 23 heavy (non-hydrogen) atoms. The molecule has 122 valence electrons.